The highest BCUT2D eigenvalue weighted by Crippen LogP contribution is 2.19. The third-order valence-electron chi connectivity index (χ3n) is 2.05. The molecule has 0 saturated heterocycles. The van der Waals surface area contributed by atoms with Crippen LogP contribution in [0.1, 0.15) is 39.5 Å². The van der Waals surface area contributed by atoms with Crippen LogP contribution in [-0.2, 0) is 0 Å². The highest BCUT2D eigenvalue weighted by molar-refractivity contribution is 7.19. The van der Waals surface area contributed by atoms with Gasteiger partial charge in [-0.05, 0) is 12.0 Å². The van der Waals surface area contributed by atoms with Crippen LogP contribution in [0.25, 0.3) is 0 Å². The van der Waals surface area contributed by atoms with Crippen LogP contribution in [0.5, 0.6) is 0 Å². The van der Waals surface area contributed by atoms with Crippen molar-refractivity contribution in [3.8, 4) is 0 Å². The highest BCUT2D eigenvalue weighted by Gasteiger charge is 2.15. The Morgan fingerprint density at radius 2 is 1.67 bits per heavy atom. The van der Waals surface area contributed by atoms with Crippen molar-refractivity contribution in [3.05, 3.63) is 0 Å². The summed E-state index contributed by atoms with van der Waals surface area (Å²) in [5, 5.41) is 0. The molecule has 0 radical (unpaired) electrons. The van der Waals surface area contributed by atoms with E-state index in [-0.39, 0.29) is 0 Å². The van der Waals surface area contributed by atoms with Crippen molar-refractivity contribution >= 4 is 18.5 Å². The van der Waals surface area contributed by atoms with E-state index in [0.29, 0.717) is 0 Å². The molecule has 0 heterocycles. The third-order valence-corrected chi connectivity index (χ3v) is 4.16. The maximum atomic E-state index is 6.21. The van der Waals surface area contributed by atoms with Crippen molar-refractivity contribution in [3.63, 3.8) is 0 Å². The van der Waals surface area contributed by atoms with Gasteiger partial charge in [0.2, 0.25) is 0 Å². The van der Waals surface area contributed by atoms with Gasteiger partial charge in [-0.15, -0.1) is 0 Å². The fraction of sp³-hybridized carbons (Fsp3) is 1.00. The summed E-state index contributed by atoms with van der Waals surface area (Å²) in [6.07, 6.45) is 5.49. The highest BCUT2D eigenvalue weighted by atomic mass is 35.6. The second-order valence-corrected chi connectivity index (χ2v) is 11.7. The van der Waals surface area contributed by atoms with Crippen molar-refractivity contribution in [1.82, 2.24) is 0 Å². The van der Waals surface area contributed by atoms with E-state index in [9.17, 15) is 0 Å². The summed E-state index contributed by atoms with van der Waals surface area (Å²) in [6, 6.07) is 1.28. The quantitative estimate of drug-likeness (QED) is 0.337. The van der Waals surface area contributed by atoms with Crippen LogP contribution in [-0.4, -0.2) is 7.38 Å². The topological polar surface area (TPSA) is 0 Å². The second-order valence-electron chi connectivity index (χ2n) is 4.71. The SMILES string of the molecule is CC(C)CCCCC[Si](C)(C)Cl. The molecule has 2 heteroatoms. The van der Waals surface area contributed by atoms with Crippen molar-refractivity contribution < 1.29 is 0 Å². The molecule has 0 atom stereocenters. The zero-order chi connectivity index (χ0) is 9.61. The zero-order valence-electron chi connectivity index (χ0n) is 8.99. The van der Waals surface area contributed by atoms with E-state index in [2.05, 4.69) is 26.9 Å². The van der Waals surface area contributed by atoms with E-state index in [1.54, 1.807) is 0 Å². The molecule has 0 spiro atoms. The first kappa shape index (κ1) is 12.5. The molecule has 0 saturated carbocycles. The van der Waals surface area contributed by atoms with Gasteiger partial charge in [-0.25, -0.2) is 0 Å². The Balaban J connectivity index is 3.12. The molecule has 0 aliphatic carbocycles. The molecule has 74 valence electrons. The molecule has 0 N–H and O–H groups in total. The molecule has 0 unspecified atom stereocenters. The number of hydrogen-bond donors (Lipinski definition) is 0. The van der Waals surface area contributed by atoms with Gasteiger partial charge in [0.05, 0.1) is 0 Å². The van der Waals surface area contributed by atoms with E-state index in [1.807, 2.05) is 0 Å². The summed E-state index contributed by atoms with van der Waals surface area (Å²) in [5.41, 5.74) is 0. The summed E-state index contributed by atoms with van der Waals surface area (Å²) in [4.78, 5) is 0. The first-order chi connectivity index (χ1) is 5.42. The standard InChI is InChI=1S/C10H23ClSi/c1-10(2)8-6-5-7-9-12(3,4)11/h10H,5-9H2,1-4H3. The van der Waals surface area contributed by atoms with Gasteiger partial charge in [0, 0.05) is 0 Å². The number of halogens is 1. The van der Waals surface area contributed by atoms with Crippen LogP contribution in [0.2, 0.25) is 19.1 Å². The van der Waals surface area contributed by atoms with Crippen molar-refractivity contribution in [2.75, 3.05) is 0 Å². The number of rotatable bonds is 6. The first-order valence-electron chi connectivity index (χ1n) is 5.11. The van der Waals surface area contributed by atoms with Crippen molar-refractivity contribution in [2.24, 2.45) is 5.92 Å². The Morgan fingerprint density at radius 1 is 1.08 bits per heavy atom. The Bertz CT molecular complexity index is 105. The Kier molecular flexibility index (Phi) is 6.29. The smallest absolute Gasteiger partial charge is 0.150 e. The lowest BCUT2D eigenvalue weighted by molar-refractivity contribution is 0.534. The van der Waals surface area contributed by atoms with Crippen molar-refractivity contribution in [2.45, 2.75) is 58.7 Å². The second kappa shape index (κ2) is 6.04. The van der Waals surface area contributed by atoms with E-state index in [0.717, 1.165) is 5.92 Å². The lowest BCUT2D eigenvalue weighted by Gasteiger charge is -2.12. The molecule has 0 fully saturated rings. The van der Waals surface area contributed by atoms with E-state index >= 15 is 0 Å². The van der Waals surface area contributed by atoms with Crippen LogP contribution in [0.4, 0.5) is 0 Å². The summed E-state index contributed by atoms with van der Waals surface area (Å²) < 4.78 is 0. The van der Waals surface area contributed by atoms with E-state index in [1.165, 1.54) is 31.7 Å². The van der Waals surface area contributed by atoms with Crippen LogP contribution < -0.4 is 0 Å². The largest absolute Gasteiger partial charge is 0.168 e. The molecule has 0 amide bonds. The van der Waals surface area contributed by atoms with E-state index in [4.69, 9.17) is 11.1 Å². The van der Waals surface area contributed by atoms with Gasteiger partial charge in [-0.1, -0.05) is 52.6 Å². The average molecular weight is 207 g/mol. The third kappa shape index (κ3) is 10.5. The predicted octanol–water partition coefficient (Wildman–Crippen LogP) is 4.65. The molecule has 0 aromatic heterocycles. The van der Waals surface area contributed by atoms with Gasteiger partial charge >= 0.3 is 0 Å². The molecule has 0 aromatic rings. The number of hydrogen-bond acceptors (Lipinski definition) is 0. The van der Waals surface area contributed by atoms with Gasteiger partial charge in [0.1, 0.15) is 7.38 Å². The van der Waals surface area contributed by atoms with Gasteiger partial charge in [-0.2, -0.15) is 11.1 Å². The fourth-order valence-corrected chi connectivity index (χ4v) is 2.77. The maximum absolute atomic E-state index is 6.21. The van der Waals surface area contributed by atoms with Gasteiger partial charge < -0.3 is 0 Å². The molecule has 0 aromatic carbocycles. The molecular formula is C10H23ClSi. The number of unbranched alkanes of at least 4 members (excludes halogenated alkanes) is 2. The monoisotopic (exact) mass is 206 g/mol. The molecule has 0 bridgehead atoms. The van der Waals surface area contributed by atoms with Crippen molar-refractivity contribution in [1.29, 1.82) is 0 Å². The summed E-state index contributed by atoms with van der Waals surface area (Å²) >= 11 is 6.21. The molecule has 0 rings (SSSR count). The maximum Gasteiger partial charge on any atom is 0.150 e. The van der Waals surface area contributed by atoms with Gasteiger partial charge in [0.15, 0.2) is 0 Å². The minimum absolute atomic E-state index is 0.867. The normalized spacial score (nSPS) is 12.5. The lowest BCUT2D eigenvalue weighted by Crippen LogP contribution is -2.14. The van der Waals surface area contributed by atoms with Crippen LogP contribution in [0.3, 0.4) is 0 Å². The molecular weight excluding hydrogens is 184 g/mol. The lowest BCUT2D eigenvalue weighted by atomic mass is 10.1. The summed E-state index contributed by atoms with van der Waals surface area (Å²) in [5.74, 6) is 0.867. The summed E-state index contributed by atoms with van der Waals surface area (Å²) in [7, 11) is -1.26. The first-order valence-corrected chi connectivity index (χ1v) is 9.32. The Labute approximate surface area is 83.4 Å². The van der Waals surface area contributed by atoms with Crippen LogP contribution in [0, 0.1) is 5.92 Å². The minimum atomic E-state index is -1.26. The Morgan fingerprint density at radius 3 is 2.08 bits per heavy atom. The van der Waals surface area contributed by atoms with Crippen LogP contribution >= 0.6 is 11.1 Å². The van der Waals surface area contributed by atoms with E-state index < -0.39 is 7.38 Å². The zero-order valence-corrected chi connectivity index (χ0v) is 10.7. The average Bonchev–Trinajstić information content (AvgIpc) is 1.83. The molecule has 0 nitrogen and oxygen atoms in total. The van der Waals surface area contributed by atoms with Gasteiger partial charge in [-0.3, -0.25) is 0 Å². The minimum Gasteiger partial charge on any atom is -0.168 e. The summed E-state index contributed by atoms with van der Waals surface area (Å²) in [6.45, 7) is 9.05. The molecule has 0 aliphatic heterocycles. The fourth-order valence-electron chi connectivity index (χ4n) is 1.27. The van der Waals surface area contributed by atoms with Crippen LogP contribution in [0.15, 0.2) is 0 Å². The molecule has 0 aliphatic rings. The molecule has 12 heavy (non-hydrogen) atoms. The predicted molar refractivity (Wildman–Crippen MR) is 61.4 cm³/mol. The van der Waals surface area contributed by atoms with Gasteiger partial charge in [0.25, 0.3) is 0 Å². The Hall–Kier alpha value is 0.507.